The first-order valence-electron chi connectivity index (χ1n) is 8.78. The van der Waals surface area contributed by atoms with Crippen LogP contribution in [0.3, 0.4) is 0 Å². The quantitative estimate of drug-likeness (QED) is 0.881. The van der Waals surface area contributed by atoms with Crippen LogP contribution in [-0.4, -0.2) is 29.9 Å². The first kappa shape index (κ1) is 16.8. The molecule has 1 aromatic heterocycles. The second kappa shape index (κ2) is 7.67. The molecule has 1 N–H and O–H groups in total. The summed E-state index contributed by atoms with van der Waals surface area (Å²) in [5.41, 5.74) is 2.42. The van der Waals surface area contributed by atoms with Crippen molar-refractivity contribution in [3.8, 4) is 11.3 Å². The number of benzene rings is 1. The molecule has 0 spiro atoms. The lowest BCUT2D eigenvalue weighted by Crippen LogP contribution is -2.39. The molecule has 24 heavy (non-hydrogen) atoms. The number of nitrogens with one attached hydrogen (secondary N) is 1. The minimum Gasteiger partial charge on any atom is -0.464 e. The van der Waals surface area contributed by atoms with Crippen molar-refractivity contribution in [3.05, 3.63) is 48.2 Å². The van der Waals surface area contributed by atoms with E-state index in [1.54, 1.807) is 13.2 Å². The fourth-order valence-corrected chi connectivity index (χ4v) is 3.75. The van der Waals surface area contributed by atoms with E-state index in [2.05, 4.69) is 35.3 Å². The third kappa shape index (κ3) is 3.88. The monoisotopic (exact) mass is 326 g/mol. The van der Waals surface area contributed by atoms with E-state index in [0.717, 1.165) is 43.8 Å². The molecule has 1 amide bonds. The summed E-state index contributed by atoms with van der Waals surface area (Å²) < 4.78 is 5.58. The number of hydrogen-bond acceptors (Lipinski definition) is 3. The number of carbonyl (C=O) groups excluding carboxylic acids is 1. The molecule has 0 unspecified atom stereocenters. The number of rotatable bonds is 6. The Balaban J connectivity index is 1.74. The molecule has 3 rings (SSSR count). The van der Waals surface area contributed by atoms with Gasteiger partial charge in [-0.3, -0.25) is 9.69 Å². The molecular formula is C20H26N2O2. The second-order valence-corrected chi connectivity index (χ2v) is 6.68. The largest absolute Gasteiger partial charge is 0.464 e. The number of hydrogen-bond donors (Lipinski definition) is 1. The first-order chi connectivity index (χ1) is 11.7. The van der Waals surface area contributed by atoms with Gasteiger partial charge in [0.05, 0.1) is 6.26 Å². The van der Waals surface area contributed by atoms with E-state index in [0.29, 0.717) is 5.92 Å². The normalized spacial score (nSPS) is 21.1. The van der Waals surface area contributed by atoms with Crippen molar-refractivity contribution in [1.82, 2.24) is 10.2 Å². The van der Waals surface area contributed by atoms with Gasteiger partial charge in [0.1, 0.15) is 5.76 Å². The van der Waals surface area contributed by atoms with Gasteiger partial charge in [0, 0.05) is 38.2 Å². The molecule has 1 aliphatic rings. The maximum Gasteiger partial charge on any atom is 0.217 e. The Morgan fingerprint density at radius 1 is 1.25 bits per heavy atom. The molecular weight excluding hydrogens is 300 g/mol. The second-order valence-electron chi connectivity index (χ2n) is 6.68. The molecule has 0 saturated carbocycles. The van der Waals surface area contributed by atoms with Gasteiger partial charge in [-0.25, -0.2) is 0 Å². The average molecular weight is 326 g/mol. The zero-order chi connectivity index (χ0) is 16.9. The molecule has 1 aromatic carbocycles. The summed E-state index contributed by atoms with van der Waals surface area (Å²) in [5, 5.41) is 3.14. The smallest absolute Gasteiger partial charge is 0.217 e. The zero-order valence-electron chi connectivity index (χ0n) is 14.5. The van der Waals surface area contributed by atoms with Gasteiger partial charge in [0.15, 0.2) is 0 Å². The van der Waals surface area contributed by atoms with Gasteiger partial charge in [0.25, 0.3) is 0 Å². The average Bonchev–Trinajstić information content (AvgIpc) is 3.19. The van der Waals surface area contributed by atoms with Crippen LogP contribution in [0.1, 0.15) is 32.3 Å². The fraction of sp³-hybridized carbons (Fsp3) is 0.450. The highest BCUT2D eigenvalue weighted by Crippen LogP contribution is 2.28. The predicted octanol–water partition coefficient (Wildman–Crippen LogP) is 3.68. The van der Waals surface area contributed by atoms with Gasteiger partial charge in [-0.1, -0.05) is 37.6 Å². The van der Waals surface area contributed by atoms with Gasteiger partial charge in [-0.15, -0.1) is 0 Å². The van der Waals surface area contributed by atoms with Crippen LogP contribution in [0.4, 0.5) is 0 Å². The molecule has 2 atom stereocenters. The number of carbonyl (C=O) groups is 1. The van der Waals surface area contributed by atoms with Crippen LogP contribution in [0.2, 0.25) is 0 Å². The molecule has 0 bridgehead atoms. The number of furan rings is 1. The highest BCUT2D eigenvalue weighted by Gasteiger charge is 2.32. The van der Waals surface area contributed by atoms with Crippen molar-refractivity contribution in [1.29, 1.82) is 0 Å². The Morgan fingerprint density at radius 2 is 2.08 bits per heavy atom. The lowest BCUT2D eigenvalue weighted by atomic mass is 9.98. The third-order valence-corrected chi connectivity index (χ3v) is 4.76. The summed E-state index contributed by atoms with van der Waals surface area (Å²) in [7, 11) is 0. The van der Waals surface area contributed by atoms with E-state index in [9.17, 15) is 4.79 Å². The van der Waals surface area contributed by atoms with Crippen LogP contribution >= 0.6 is 0 Å². The Bertz CT molecular complexity index is 666. The standard InChI is InChI=1S/C20H26N2O2/c1-3-7-17-13-22(14-19(17)21-15(2)23)12-16-8-4-5-9-18(16)20-10-6-11-24-20/h4-6,8-11,17,19H,3,7,12-14H2,1-2H3,(H,21,23)/t17-,19-/m1/s1. The molecule has 1 fully saturated rings. The summed E-state index contributed by atoms with van der Waals surface area (Å²) in [6.45, 7) is 6.65. The molecule has 0 radical (unpaired) electrons. The van der Waals surface area contributed by atoms with E-state index >= 15 is 0 Å². The molecule has 1 aliphatic heterocycles. The summed E-state index contributed by atoms with van der Waals surface area (Å²) in [6, 6.07) is 12.6. The lowest BCUT2D eigenvalue weighted by Gasteiger charge is -2.18. The van der Waals surface area contributed by atoms with Gasteiger partial charge in [0.2, 0.25) is 5.91 Å². The van der Waals surface area contributed by atoms with E-state index in [1.807, 2.05) is 18.2 Å². The molecule has 4 nitrogen and oxygen atoms in total. The minimum absolute atomic E-state index is 0.0685. The van der Waals surface area contributed by atoms with Crippen molar-refractivity contribution in [2.24, 2.45) is 5.92 Å². The van der Waals surface area contributed by atoms with E-state index in [1.165, 1.54) is 5.56 Å². The fourth-order valence-electron chi connectivity index (χ4n) is 3.75. The summed E-state index contributed by atoms with van der Waals surface area (Å²) in [4.78, 5) is 13.9. The van der Waals surface area contributed by atoms with E-state index in [-0.39, 0.29) is 11.9 Å². The van der Waals surface area contributed by atoms with Crippen LogP contribution in [0.15, 0.2) is 47.1 Å². The predicted molar refractivity (Wildman–Crippen MR) is 95.4 cm³/mol. The molecule has 1 saturated heterocycles. The van der Waals surface area contributed by atoms with Crippen LogP contribution in [-0.2, 0) is 11.3 Å². The van der Waals surface area contributed by atoms with Crippen molar-refractivity contribution in [2.75, 3.05) is 13.1 Å². The molecule has 2 aromatic rings. The van der Waals surface area contributed by atoms with Gasteiger partial charge in [-0.05, 0) is 30.0 Å². The first-order valence-corrected chi connectivity index (χ1v) is 8.78. The lowest BCUT2D eigenvalue weighted by molar-refractivity contribution is -0.119. The Kier molecular flexibility index (Phi) is 5.36. The number of nitrogens with zero attached hydrogens (tertiary/aromatic N) is 1. The summed E-state index contributed by atoms with van der Waals surface area (Å²) >= 11 is 0. The highest BCUT2D eigenvalue weighted by atomic mass is 16.3. The third-order valence-electron chi connectivity index (χ3n) is 4.76. The number of amides is 1. The Hall–Kier alpha value is -2.07. The maximum absolute atomic E-state index is 11.5. The molecule has 2 heterocycles. The molecule has 4 heteroatoms. The highest BCUT2D eigenvalue weighted by molar-refractivity contribution is 5.73. The van der Waals surface area contributed by atoms with Gasteiger partial charge >= 0.3 is 0 Å². The number of likely N-dealkylation sites (tertiary alicyclic amines) is 1. The van der Waals surface area contributed by atoms with E-state index < -0.39 is 0 Å². The van der Waals surface area contributed by atoms with Gasteiger partial charge < -0.3 is 9.73 Å². The SMILES string of the molecule is CCC[C@@H]1CN(Cc2ccccc2-c2ccco2)C[C@H]1NC(C)=O. The maximum atomic E-state index is 11.5. The molecule has 0 aliphatic carbocycles. The van der Waals surface area contributed by atoms with Crippen LogP contribution in [0.25, 0.3) is 11.3 Å². The Labute approximate surface area is 143 Å². The zero-order valence-corrected chi connectivity index (χ0v) is 14.5. The minimum atomic E-state index is 0.0685. The van der Waals surface area contributed by atoms with Gasteiger partial charge in [-0.2, -0.15) is 0 Å². The molecule has 128 valence electrons. The Morgan fingerprint density at radius 3 is 2.79 bits per heavy atom. The van der Waals surface area contributed by atoms with Crippen LogP contribution < -0.4 is 5.32 Å². The van der Waals surface area contributed by atoms with Crippen molar-refractivity contribution >= 4 is 5.91 Å². The van der Waals surface area contributed by atoms with Crippen LogP contribution in [0, 0.1) is 5.92 Å². The summed E-state index contributed by atoms with van der Waals surface area (Å²) in [6.07, 6.45) is 4.02. The van der Waals surface area contributed by atoms with Crippen molar-refractivity contribution in [2.45, 2.75) is 39.3 Å². The summed E-state index contributed by atoms with van der Waals surface area (Å²) in [5.74, 6) is 1.52. The van der Waals surface area contributed by atoms with Crippen molar-refractivity contribution in [3.63, 3.8) is 0 Å². The van der Waals surface area contributed by atoms with Crippen LogP contribution in [0.5, 0.6) is 0 Å². The van der Waals surface area contributed by atoms with Crippen molar-refractivity contribution < 1.29 is 9.21 Å². The van der Waals surface area contributed by atoms with E-state index in [4.69, 9.17) is 4.42 Å². The topological polar surface area (TPSA) is 45.5 Å².